The highest BCUT2D eigenvalue weighted by atomic mass is 35.5. The van der Waals surface area contributed by atoms with Crippen molar-refractivity contribution >= 4 is 41.0 Å². The van der Waals surface area contributed by atoms with E-state index in [1.165, 1.54) is 18.4 Å². The Hall–Kier alpha value is -3.71. The van der Waals surface area contributed by atoms with Crippen molar-refractivity contribution in [3.8, 4) is 0 Å². The standard InChI is InChI=1S/C25H16ClFN2O4/c26-16-12-14(7-8-17(16)27)29-24(31)19-20(25(29)32)22(23(30)18-6-3-11-33-18)28-10-9-13-4-1-2-5-15(13)21(19)28/h1-12,19-22H/t19-,20+,21?,22-/m0/s1. The van der Waals surface area contributed by atoms with Crippen LogP contribution in [0.25, 0.3) is 6.08 Å². The Morgan fingerprint density at radius 3 is 2.55 bits per heavy atom. The van der Waals surface area contributed by atoms with E-state index in [1.54, 1.807) is 23.2 Å². The highest BCUT2D eigenvalue weighted by Crippen LogP contribution is 2.53. The number of imide groups is 1. The highest BCUT2D eigenvalue weighted by Gasteiger charge is 2.64. The van der Waals surface area contributed by atoms with Gasteiger partial charge in [0.1, 0.15) is 11.9 Å². The van der Waals surface area contributed by atoms with Crippen LogP contribution in [0.3, 0.4) is 0 Å². The summed E-state index contributed by atoms with van der Waals surface area (Å²) in [5, 5.41) is -0.194. The fraction of sp³-hybridized carbons (Fsp3) is 0.160. The predicted octanol–water partition coefficient (Wildman–Crippen LogP) is 4.47. The summed E-state index contributed by atoms with van der Waals surface area (Å²) >= 11 is 5.92. The van der Waals surface area contributed by atoms with Crippen LogP contribution in [0.15, 0.2) is 71.5 Å². The van der Waals surface area contributed by atoms with E-state index in [9.17, 15) is 18.8 Å². The maximum atomic E-state index is 13.7. The Labute approximate surface area is 192 Å². The predicted molar refractivity (Wildman–Crippen MR) is 118 cm³/mol. The second-order valence-corrected chi connectivity index (χ2v) is 8.69. The van der Waals surface area contributed by atoms with E-state index in [0.717, 1.165) is 22.1 Å². The number of carbonyl (C=O) groups excluding carboxylic acids is 3. The first-order valence-electron chi connectivity index (χ1n) is 10.4. The Bertz CT molecular complexity index is 1350. The van der Waals surface area contributed by atoms with Crippen LogP contribution in [0.2, 0.25) is 5.02 Å². The molecular formula is C25H16ClFN2O4. The monoisotopic (exact) mass is 462 g/mol. The van der Waals surface area contributed by atoms with Crippen molar-refractivity contribution < 1.29 is 23.2 Å². The minimum absolute atomic E-state index is 0.121. The zero-order valence-corrected chi connectivity index (χ0v) is 17.8. The van der Waals surface area contributed by atoms with E-state index in [-0.39, 0.29) is 22.3 Å². The van der Waals surface area contributed by atoms with Crippen LogP contribution in [0.1, 0.15) is 27.7 Å². The van der Waals surface area contributed by atoms with Crippen LogP contribution in [-0.2, 0) is 9.59 Å². The van der Waals surface area contributed by atoms with Gasteiger partial charge in [-0.25, -0.2) is 9.29 Å². The lowest BCUT2D eigenvalue weighted by atomic mass is 9.84. The lowest BCUT2D eigenvalue weighted by molar-refractivity contribution is -0.123. The molecule has 4 heterocycles. The van der Waals surface area contributed by atoms with Gasteiger partial charge in [0.15, 0.2) is 5.76 Å². The number of furan rings is 1. The Kier molecular flexibility index (Phi) is 4.32. The molecule has 0 N–H and O–H groups in total. The van der Waals surface area contributed by atoms with Crippen LogP contribution < -0.4 is 4.90 Å². The number of hydrogen-bond acceptors (Lipinski definition) is 5. The summed E-state index contributed by atoms with van der Waals surface area (Å²) < 4.78 is 19.1. The van der Waals surface area contributed by atoms with Gasteiger partial charge in [-0.15, -0.1) is 0 Å². The molecule has 6 rings (SSSR count). The van der Waals surface area contributed by atoms with Crippen molar-refractivity contribution in [3.63, 3.8) is 0 Å². The van der Waals surface area contributed by atoms with Crippen LogP contribution in [0, 0.1) is 17.7 Å². The highest BCUT2D eigenvalue weighted by molar-refractivity contribution is 6.31. The van der Waals surface area contributed by atoms with Crippen molar-refractivity contribution in [2.45, 2.75) is 12.1 Å². The van der Waals surface area contributed by atoms with Crippen molar-refractivity contribution in [1.29, 1.82) is 0 Å². The number of amides is 2. The third kappa shape index (κ3) is 2.75. The molecule has 2 fully saturated rings. The third-order valence-corrected chi connectivity index (χ3v) is 6.95. The number of nitrogens with zero attached hydrogens (tertiary/aromatic N) is 2. The van der Waals surface area contributed by atoms with Crippen molar-refractivity contribution in [3.05, 3.63) is 94.8 Å². The minimum atomic E-state index is -0.931. The number of Topliss-reactive ketones (excluding diaryl/α,β-unsaturated/α-hetero) is 1. The van der Waals surface area contributed by atoms with Gasteiger partial charge >= 0.3 is 0 Å². The zero-order valence-electron chi connectivity index (χ0n) is 17.0. The Morgan fingerprint density at radius 1 is 1.00 bits per heavy atom. The molecule has 3 aliphatic heterocycles. The molecule has 2 aromatic carbocycles. The molecule has 0 saturated carbocycles. The van der Waals surface area contributed by atoms with Crippen LogP contribution >= 0.6 is 11.6 Å². The van der Waals surface area contributed by atoms with E-state index in [4.69, 9.17) is 16.0 Å². The minimum Gasteiger partial charge on any atom is -0.461 e. The molecule has 0 bridgehead atoms. The van der Waals surface area contributed by atoms with Gasteiger partial charge in [0, 0.05) is 6.20 Å². The first-order valence-corrected chi connectivity index (χ1v) is 10.8. The number of rotatable bonds is 3. The van der Waals surface area contributed by atoms with Crippen LogP contribution in [-0.4, -0.2) is 28.5 Å². The van der Waals surface area contributed by atoms with Crippen LogP contribution in [0.5, 0.6) is 0 Å². The van der Waals surface area contributed by atoms with Gasteiger partial charge in [0.2, 0.25) is 17.6 Å². The van der Waals surface area contributed by atoms with E-state index >= 15 is 0 Å². The Morgan fingerprint density at radius 2 is 1.79 bits per heavy atom. The van der Waals surface area contributed by atoms with Gasteiger partial charge in [-0.1, -0.05) is 35.9 Å². The van der Waals surface area contributed by atoms with Gasteiger partial charge in [0.25, 0.3) is 0 Å². The molecule has 8 heteroatoms. The maximum absolute atomic E-state index is 13.7. The molecule has 2 amide bonds. The SMILES string of the molecule is O=C(c1ccco1)[C@@H]1[C@@H]2C(=O)N(c3ccc(F)c(Cl)c3)C(=O)[C@@H]2C2c3ccccc3C=CN21. The number of carbonyl (C=O) groups is 3. The molecule has 0 aliphatic carbocycles. The van der Waals surface area contributed by atoms with Gasteiger partial charge in [0.05, 0.1) is 34.9 Å². The normalized spacial score (nSPS) is 25.3. The Balaban J connectivity index is 1.51. The fourth-order valence-electron chi connectivity index (χ4n) is 5.30. The van der Waals surface area contributed by atoms with Gasteiger partial charge in [-0.05, 0) is 47.5 Å². The molecule has 4 atom stereocenters. The van der Waals surface area contributed by atoms with Gasteiger partial charge in [-0.2, -0.15) is 0 Å². The summed E-state index contributed by atoms with van der Waals surface area (Å²) in [6.45, 7) is 0. The molecule has 2 saturated heterocycles. The lowest BCUT2D eigenvalue weighted by Gasteiger charge is -2.35. The topological polar surface area (TPSA) is 70.8 Å². The molecule has 1 aromatic heterocycles. The molecule has 6 nitrogen and oxygen atoms in total. The molecule has 1 unspecified atom stereocenters. The molecule has 33 heavy (non-hydrogen) atoms. The lowest BCUT2D eigenvalue weighted by Crippen LogP contribution is -2.44. The fourth-order valence-corrected chi connectivity index (χ4v) is 5.48. The number of halogens is 2. The number of hydrogen-bond donors (Lipinski definition) is 0. The first-order chi connectivity index (χ1) is 16.0. The number of fused-ring (bicyclic) bond motifs is 5. The van der Waals surface area contributed by atoms with Crippen molar-refractivity contribution in [2.24, 2.45) is 11.8 Å². The summed E-state index contributed by atoms with van der Waals surface area (Å²) in [6, 6.07) is 13.0. The van der Waals surface area contributed by atoms with E-state index in [0.29, 0.717) is 0 Å². The molecule has 3 aliphatic rings. The zero-order chi connectivity index (χ0) is 22.9. The summed E-state index contributed by atoms with van der Waals surface area (Å²) in [4.78, 5) is 43.7. The van der Waals surface area contributed by atoms with E-state index < -0.39 is 41.6 Å². The first kappa shape index (κ1) is 19.9. The smallest absolute Gasteiger partial charge is 0.240 e. The van der Waals surface area contributed by atoms with Gasteiger partial charge in [-0.3, -0.25) is 14.4 Å². The second-order valence-electron chi connectivity index (χ2n) is 8.28. The van der Waals surface area contributed by atoms with Crippen LogP contribution in [0.4, 0.5) is 10.1 Å². The second kappa shape index (κ2) is 7.15. The summed E-state index contributed by atoms with van der Waals surface area (Å²) in [5.41, 5.74) is 1.97. The molecule has 3 aromatic rings. The van der Waals surface area contributed by atoms with E-state index in [2.05, 4.69) is 0 Å². The quantitative estimate of drug-likeness (QED) is 0.424. The summed E-state index contributed by atoms with van der Waals surface area (Å²) in [5.74, 6) is -3.59. The average Bonchev–Trinajstić information content (AvgIpc) is 3.52. The third-order valence-electron chi connectivity index (χ3n) is 6.66. The molecular weight excluding hydrogens is 447 g/mol. The molecule has 164 valence electrons. The maximum Gasteiger partial charge on any atom is 0.240 e. The summed E-state index contributed by atoms with van der Waals surface area (Å²) in [7, 11) is 0. The van der Waals surface area contributed by atoms with Crippen molar-refractivity contribution in [2.75, 3.05) is 4.90 Å². The molecule has 0 radical (unpaired) electrons. The van der Waals surface area contributed by atoms with Gasteiger partial charge < -0.3 is 9.32 Å². The number of anilines is 1. The largest absolute Gasteiger partial charge is 0.461 e. The average molecular weight is 463 g/mol. The number of ketones is 1. The summed E-state index contributed by atoms with van der Waals surface area (Å²) in [6.07, 6.45) is 5.05. The van der Waals surface area contributed by atoms with Crippen molar-refractivity contribution in [1.82, 2.24) is 4.90 Å². The molecule has 0 spiro atoms. The van der Waals surface area contributed by atoms with E-state index in [1.807, 2.05) is 30.3 Å². The number of benzene rings is 2.